The second kappa shape index (κ2) is 6.57. The summed E-state index contributed by atoms with van der Waals surface area (Å²) in [6, 6.07) is 13.4. The fourth-order valence-corrected chi connectivity index (χ4v) is 3.41. The Bertz CT molecular complexity index is 909. The fraction of sp³-hybridized carbons (Fsp3) is 0.158. The Labute approximate surface area is 149 Å². The highest BCUT2D eigenvalue weighted by atomic mass is 32.1. The molecule has 0 bridgehead atoms. The molecule has 1 aromatic heterocycles. The molecule has 0 aliphatic carbocycles. The number of hydrogen-bond acceptors (Lipinski definition) is 5. The van der Waals surface area contributed by atoms with Crippen LogP contribution >= 0.6 is 11.3 Å². The molecule has 1 aliphatic rings. The average molecular weight is 352 g/mol. The van der Waals surface area contributed by atoms with E-state index in [1.807, 2.05) is 47.4 Å². The first-order chi connectivity index (χ1) is 12.2. The topological polar surface area (TPSA) is 51.7 Å². The first-order valence-corrected chi connectivity index (χ1v) is 8.73. The molecule has 126 valence electrons. The second-order valence-corrected chi connectivity index (χ2v) is 6.60. The Kier molecular flexibility index (Phi) is 4.11. The monoisotopic (exact) mass is 352 g/mol. The quantitative estimate of drug-likeness (QED) is 0.697. The molecule has 0 fully saturated rings. The van der Waals surface area contributed by atoms with Gasteiger partial charge in [0.1, 0.15) is 22.1 Å². The first kappa shape index (κ1) is 15.7. The summed E-state index contributed by atoms with van der Waals surface area (Å²) in [5.74, 6) is 2.14. The molecule has 6 heteroatoms. The fourth-order valence-electron chi connectivity index (χ4n) is 2.83. The van der Waals surface area contributed by atoms with Gasteiger partial charge in [-0.1, -0.05) is 18.2 Å². The second-order valence-electron chi connectivity index (χ2n) is 5.71. The van der Waals surface area contributed by atoms with Crippen molar-refractivity contribution in [3.63, 3.8) is 0 Å². The molecular weight excluding hydrogens is 336 g/mol. The lowest BCUT2D eigenvalue weighted by Crippen LogP contribution is -2.30. The zero-order valence-electron chi connectivity index (χ0n) is 13.6. The SMILES string of the molecule is COc1ccc2c(c1)Oc1ccccc1CN(C(=O)c1cncs1)C2. The number of carbonyl (C=O) groups is 1. The smallest absolute Gasteiger partial charge is 0.266 e. The van der Waals surface area contributed by atoms with Crippen LogP contribution in [0.5, 0.6) is 17.2 Å². The van der Waals surface area contributed by atoms with Gasteiger partial charge in [-0.2, -0.15) is 0 Å². The number of amides is 1. The van der Waals surface area contributed by atoms with Crippen LogP contribution in [0, 0.1) is 0 Å². The largest absolute Gasteiger partial charge is 0.497 e. The van der Waals surface area contributed by atoms with Crippen LogP contribution in [0.4, 0.5) is 0 Å². The maximum absolute atomic E-state index is 12.9. The van der Waals surface area contributed by atoms with Crippen molar-refractivity contribution in [3.05, 3.63) is 70.2 Å². The van der Waals surface area contributed by atoms with Crippen molar-refractivity contribution in [2.75, 3.05) is 7.11 Å². The zero-order chi connectivity index (χ0) is 17.2. The van der Waals surface area contributed by atoms with E-state index in [2.05, 4.69) is 4.98 Å². The van der Waals surface area contributed by atoms with Crippen LogP contribution in [-0.2, 0) is 13.1 Å². The Balaban J connectivity index is 1.78. The molecule has 2 aromatic carbocycles. The molecule has 4 rings (SSSR count). The molecule has 2 heterocycles. The molecule has 0 spiro atoms. The minimum absolute atomic E-state index is 0.0269. The molecule has 5 nitrogen and oxygen atoms in total. The summed E-state index contributed by atoms with van der Waals surface area (Å²) < 4.78 is 11.4. The van der Waals surface area contributed by atoms with Gasteiger partial charge in [0.25, 0.3) is 5.91 Å². The summed E-state index contributed by atoms with van der Waals surface area (Å²) in [6.45, 7) is 0.947. The summed E-state index contributed by atoms with van der Waals surface area (Å²) in [7, 11) is 1.62. The number of thiazole rings is 1. The number of aromatic nitrogens is 1. The third-order valence-corrected chi connectivity index (χ3v) is 4.88. The lowest BCUT2D eigenvalue weighted by molar-refractivity contribution is 0.0730. The van der Waals surface area contributed by atoms with Gasteiger partial charge in [-0.05, 0) is 18.2 Å². The maximum atomic E-state index is 12.9. The normalized spacial score (nSPS) is 13.1. The minimum Gasteiger partial charge on any atom is -0.497 e. The van der Waals surface area contributed by atoms with Crippen molar-refractivity contribution in [2.45, 2.75) is 13.1 Å². The van der Waals surface area contributed by atoms with Crippen LogP contribution in [0.25, 0.3) is 0 Å². The number of carbonyl (C=O) groups excluding carboxylic acids is 1. The highest BCUT2D eigenvalue weighted by Crippen LogP contribution is 2.35. The Morgan fingerprint density at radius 3 is 2.72 bits per heavy atom. The Hall–Kier alpha value is -2.86. The van der Waals surface area contributed by atoms with Crippen molar-refractivity contribution < 1.29 is 14.3 Å². The molecule has 0 N–H and O–H groups in total. The summed E-state index contributed by atoms with van der Waals surface area (Å²) in [6.07, 6.45) is 1.61. The van der Waals surface area contributed by atoms with Gasteiger partial charge in [-0.25, -0.2) is 0 Å². The van der Waals surface area contributed by atoms with E-state index in [0.717, 1.165) is 22.6 Å². The number of fused-ring (bicyclic) bond motifs is 2. The van der Waals surface area contributed by atoms with E-state index in [1.54, 1.807) is 18.8 Å². The van der Waals surface area contributed by atoms with Crippen molar-refractivity contribution in [1.29, 1.82) is 0 Å². The average Bonchev–Trinajstić information content (AvgIpc) is 3.16. The van der Waals surface area contributed by atoms with Crippen LogP contribution in [-0.4, -0.2) is 22.9 Å². The van der Waals surface area contributed by atoms with Gasteiger partial charge < -0.3 is 14.4 Å². The van der Waals surface area contributed by atoms with E-state index in [0.29, 0.717) is 23.7 Å². The lowest BCUT2D eigenvalue weighted by atomic mass is 10.1. The van der Waals surface area contributed by atoms with E-state index in [4.69, 9.17) is 9.47 Å². The van der Waals surface area contributed by atoms with Gasteiger partial charge in [0.15, 0.2) is 0 Å². The number of methoxy groups -OCH3 is 1. The van der Waals surface area contributed by atoms with E-state index in [1.165, 1.54) is 11.3 Å². The number of nitrogens with zero attached hydrogens (tertiary/aromatic N) is 2. The summed E-state index contributed by atoms with van der Waals surface area (Å²) >= 11 is 1.35. The number of hydrogen-bond donors (Lipinski definition) is 0. The van der Waals surface area contributed by atoms with Crippen LogP contribution < -0.4 is 9.47 Å². The number of benzene rings is 2. The van der Waals surface area contributed by atoms with Gasteiger partial charge in [0, 0.05) is 17.2 Å². The maximum Gasteiger partial charge on any atom is 0.266 e. The predicted molar refractivity (Wildman–Crippen MR) is 95.2 cm³/mol. The van der Waals surface area contributed by atoms with Crippen LogP contribution in [0.15, 0.2) is 54.2 Å². The molecule has 0 atom stereocenters. The number of ether oxygens (including phenoxy) is 2. The molecule has 0 saturated carbocycles. The van der Waals surface area contributed by atoms with E-state index in [-0.39, 0.29) is 5.91 Å². The standard InChI is InChI=1S/C19H16N2O3S/c1-23-15-7-6-14-11-21(19(22)18-9-20-12-25-18)10-13-4-2-3-5-16(13)24-17(14)8-15/h2-9,12H,10-11H2,1H3. The third-order valence-electron chi connectivity index (χ3n) is 4.12. The highest BCUT2D eigenvalue weighted by molar-refractivity contribution is 7.11. The van der Waals surface area contributed by atoms with Gasteiger partial charge >= 0.3 is 0 Å². The first-order valence-electron chi connectivity index (χ1n) is 7.85. The lowest BCUT2D eigenvalue weighted by Gasteiger charge is -2.27. The third kappa shape index (κ3) is 3.08. The van der Waals surface area contributed by atoms with Crippen molar-refractivity contribution in [2.24, 2.45) is 0 Å². The van der Waals surface area contributed by atoms with E-state index >= 15 is 0 Å². The predicted octanol–water partition coefficient (Wildman–Crippen LogP) is 4.10. The van der Waals surface area contributed by atoms with Crippen molar-refractivity contribution in [3.8, 4) is 17.2 Å². The van der Waals surface area contributed by atoms with Crippen molar-refractivity contribution >= 4 is 17.2 Å². The molecule has 0 saturated heterocycles. The van der Waals surface area contributed by atoms with Crippen LogP contribution in [0.1, 0.15) is 20.8 Å². The zero-order valence-corrected chi connectivity index (χ0v) is 14.5. The number of para-hydroxylation sites is 1. The summed E-state index contributed by atoms with van der Waals surface area (Å²) in [4.78, 5) is 19.4. The molecule has 0 unspecified atom stereocenters. The molecule has 1 aliphatic heterocycles. The van der Waals surface area contributed by atoms with Crippen LogP contribution in [0.3, 0.4) is 0 Å². The van der Waals surface area contributed by atoms with Crippen LogP contribution in [0.2, 0.25) is 0 Å². The highest BCUT2D eigenvalue weighted by Gasteiger charge is 2.23. The Morgan fingerprint density at radius 1 is 1.16 bits per heavy atom. The van der Waals surface area contributed by atoms with E-state index in [9.17, 15) is 4.79 Å². The minimum atomic E-state index is -0.0269. The van der Waals surface area contributed by atoms with Gasteiger partial charge in [-0.15, -0.1) is 11.3 Å². The summed E-state index contributed by atoms with van der Waals surface area (Å²) in [5, 5.41) is 0. The molecule has 25 heavy (non-hydrogen) atoms. The van der Waals surface area contributed by atoms with Gasteiger partial charge in [0.2, 0.25) is 0 Å². The molecule has 1 amide bonds. The molecular formula is C19H16N2O3S. The van der Waals surface area contributed by atoms with E-state index < -0.39 is 0 Å². The summed E-state index contributed by atoms with van der Waals surface area (Å²) in [5.41, 5.74) is 3.58. The van der Waals surface area contributed by atoms with Crippen molar-refractivity contribution in [1.82, 2.24) is 9.88 Å². The van der Waals surface area contributed by atoms with Gasteiger partial charge in [0.05, 0.1) is 31.9 Å². The number of rotatable bonds is 2. The molecule has 0 radical (unpaired) electrons. The molecule has 3 aromatic rings. The Morgan fingerprint density at radius 2 is 1.96 bits per heavy atom. The van der Waals surface area contributed by atoms with Gasteiger partial charge in [-0.3, -0.25) is 9.78 Å².